The third-order valence-corrected chi connectivity index (χ3v) is 4.93. The standard InChI is InChI=1S/C17H19Cl2N3O5S/c1-2-3-7-26-16-10-14(6-8-28(24,25)27-17(20)23)22(21-16)11-12-4-5-13(18)9-15(12)19/h4-6,8-10H,2-3,7,11H2,1H3,(H2,20,23). The Kier molecular flexibility index (Phi) is 7.73. The van der Waals surface area contributed by atoms with E-state index in [2.05, 4.69) is 9.28 Å². The van der Waals surface area contributed by atoms with Crippen molar-refractivity contribution in [3.8, 4) is 5.88 Å². The Labute approximate surface area is 172 Å². The zero-order valence-corrected chi connectivity index (χ0v) is 17.3. The summed E-state index contributed by atoms with van der Waals surface area (Å²) in [6.45, 7) is 2.74. The van der Waals surface area contributed by atoms with Gasteiger partial charge in [0.25, 0.3) is 0 Å². The number of aromatic nitrogens is 2. The number of amides is 1. The largest absolute Gasteiger partial charge is 0.477 e. The van der Waals surface area contributed by atoms with Crippen molar-refractivity contribution in [2.45, 2.75) is 26.3 Å². The minimum atomic E-state index is -4.27. The molecule has 1 aromatic carbocycles. The lowest BCUT2D eigenvalue weighted by Gasteiger charge is -2.07. The minimum Gasteiger partial charge on any atom is -0.477 e. The topological polar surface area (TPSA) is 114 Å². The Balaban J connectivity index is 2.32. The van der Waals surface area contributed by atoms with E-state index in [0.29, 0.717) is 33.6 Å². The van der Waals surface area contributed by atoms with Gasteiger partial charge < -0.3 is 14.7 Å². The molecule has 0 atom stereocenters. The first-order valence-corrected chi connectivity index (χ1v) is 10.5. The molecule has 0 aliphatic heterocycles. The van der Waals surface area contributed by atoms with Crippen LogP contribution in [0.15, 0.2) is 29.7 Å². The van der Waals surface area contributed by atoms with Gasteiger partial charge in [-0.3, -0.25) is 4.68 Å². The van der Waals surface area contributed by atoms with Gasteiger partial charge in [-0.1, -0.05) is 42.6 Å². The van der Waals surface area contributed by atoms with E-state index in [0.717, 1.165) is 18.4 Å². The highest BCUT2D eigenvalue weighted by molar-refractivity contribution is 7.90. The van der Waals surface area contributed by atoms with Crippen LogP contribution in [0.5, 0.6) is 5.88 Å². The summed E-state index contributed by atoms with van der Waals surface area (Å²) in [5.74, 6) is 0.325. The van der Waals surface area contributed by atoms with Crippen LogP contribution in [-0.2, 0) is 20.8 Å². The molecule has 1 aromatic heterocycles. The number of rotatable bonds is 9. The summed E-state index contributed by atoms with van der Waals surface area (Å²) in [7, 11) is -4.27. The average molecular weight is 448 g/mol. The van der Waals surface area contributed by atoms with Gasteiger partial charge in [-0.15, -0.1) is 5.10 Å². The fourth-order valence-electron chi connectivity index (χ4n) is 2.17. The zero-order valence-electron chi connectivity index (χ0n) is 15.0. The third-order valence-electron chi connectivity index (χ3n) is 3.48. The van der Waals surface area contributed by atoms with E-state index in [9.17, 15) is 13.2 Å². The van der Waals surface area contributed by atoms with E-state index in [1.165, 1.54) is 10.8 Å². The third kappa shape index (κ3) is 6.74. The second-order valence-electron chi connectivity index (χ2n) is 5.70. The second kappa shape index (κ2) is 9.81. The lowest BCUT2D eigenvalue weighted by Crippen LogP contribution is -2.17. The normalized spacial score (nSPS) is 11.7. The van der Waals surface area contributed by atoms with Gasteiger partial charge in [0, 0.05) is 16.1 Å². The van der Waals surface area contributed by atoms with Crippen LogP contribution >= 0.6 is 23.2 Å². The molecule has 1 amide bonds. The fraction of sp³-hybridized carbons (Fsp3) is 0.294. The SMILES string of the molecule is CCCCOc1cc(C=CS(=O)(=O)OC(N)=O)n(Cc2ccc(Cl)cc2Cl)n1. The van der Waals surface area contributed by atoms with Gasteiger partial charge in [-0.25, -0.2) is 4.79 Å². The van der Waals surface area contributed by atoms with Crippen LogP contribution in [0.25, 0.3) is 6.08 Å². The highest BCUT2D eigenvalue weighted by Gasteiger charge is 2.13. The molecule has 11 heteroatoms. The molecule has 0 aliphatic carbocycles. The summed E-state index contributed by atoms with van der Waals surface area (Å²) in [6.07, 6.45) is 1.61. The molecule has 0 aliphatic rings. The van der Waals surface area contributed by atoms with Crippen LogP contribution < -0.4 is 10.5 Å². The zero-order chi connectivity index (χ0) is 20.7. The van der Waals surface area contributed by atoms with Gasteiger partial charge in [0.15, 0.2) is 0 Å². The molecule has 2 aromatic rings. The molecule has 8 nitrogen and oxygen atoms in total. The molecule has 0 saturated carbocycles. The number of primary amides is 1. The van der Waals surface area contributed by atoms with Crippen molar-refractivity contribution in [3.05, 3.63) is 51.0 Å². The molecule has 0 saturated heterocycles. The quantitative estimate of drug-likeness (QED) is 0.461. The predicted octanol–water partition coefficient (Wildman–Crippen LogP) is 3.81. The molecule has 0 spiro atoms. The van der Waals surface area contributed by atoms with E-state index in [1.807, 2.05) is 6.92 Å². The van der Waals surface area contributed by atoms with Crippen LogP contribution in [0.3, 0.4) is 0 Å². The molecule has 0 unspecified atom stereocenters. The Hall–Kier alpha value is -2.23. The molecule has 0 fully saturated rings. The predicted molar refractivity (Wildman–Crippen MR) is 107 cm³/mol. The molecule has 0 bridgehead atoms. The van der Waals surface area contributed by atoms with Gasteiger partial charge >= 0.3 is 16.2 Å². The number of benzene rings is 1. The van der Waals surface area contributed by atoms with Crippen LogP contribution in [0.4, 0.5) is 4.79 Å². The van der Waals surface area contributed by atoms with E-state index < -0.39 is 16.2 Å². The summed E-state index contributed by atoms with van der Waals surface area (Å²) in [5, 5.41) is 5.97. The Bertz CT molecular complexity index is 973. The lowest BCUT2D eigenvalue weighted by molar-refractivity contribution is 0.213. The summed E-state index contributed by atoms with van der Waals surface area (Å²) < 4.78 is 34.5. The number of nitrogens with zero attached hydrogens (tertiary/aromatic N) is 2. The average Bonchev–Trinajstić information content (AvgIpc) is 2.97. The molecular weight excluding hydrogens is 429 g/mol. The van der Waals surface area contributed by atoms with E-state index in [1.54, 1.807) is 24.3 Å². The molecule has 0 radical (unpaired) electrons. The van der Waals surface area contributed by atoms with Gasteiger partial charge in [0.2, 0.25) is 5.88 Å². The van der Waals surface area contributed by atoms with Crippen molar-refractivity contribution in [1.29, 1.82) is 0 Å². The number of carbonyl (C=O) groups excluding carboxylic acids is 1. The number of hydrogen-bond acceptors (Lipinski definition) is 6. The maximum absolute atomic E-state index is 11.7. The van der Waals surface area contributed by atoms with Crippen LogP contribution in [0.1, 0.15) is 31.0 Å². The number of hydrogen-bond donors (Lipinski definition) is 1. The van der Waals surface area contributed by atoms with Crippen LogP contribution in [0, 0.1) is 0 Å². The first-order chi connectivity index (χ1) is 13.2. The number of ether oxygens (including phenoxy) is 1. The molecule has 2 rings (SSSR count). The number of unbranched alkanes of at least 4 members (excludes halogenated alkanes) is 1. The van der Waals surface area contributed by atoms with E-state index in [-0.39, 0.29) is 6.54 Å². The monoisotopic (exact) mass is 447 g/mol. The van der Waals surface area contributed by atoms with Gasteiger partial charge in [0.1, 0.15) is 0 Å². The van der Waals surface area contributed by atoms with Gasteiger partial charge in [0.05, 0.1) is 24.3 Å². The second-order valence-corrected chi connectivity index (χ2v) is 7.97. The van der Waals surface area contributed by atoms with Crippen molar-refractivity contribution >= 4 is 45.5 Å². The first kappa shape index (κ1) is 22.1. The summed E-state index contributed by atoms with van der Waals surface area (Å²) in [6, 6.07) is 6.59. The Morgan fingerprint density at radius 1 is 1.32 bits per heavy atom. The maximum atomic E-state index is 11.7. The summed E-state index contributed by atoms with van der Waals surface area (Å²) >= 11 is 12.1. The first-order valence-electron chi connectivity index (χ1n) is 8.26. The van der Waals surface area contributed by atoms with Crippen molar-refractivity contribution in [3.63, 3.8) is 0 Å². The fourth-order valence-corrected chi connectivity index (χ4v) is 3.22. The molecular formula is C17H19Cl2N3O5S. The van der Waals surface area contributed by atoms with Gasteiger partial charge in [-0.05, 0) is 30.2 Å². The highest BCUT2D eigenvalue weighted by Crippen LogP contribution is 2.23. The smallest absolute Gasteiger partial charge is 0.420 e. The Morgan fingerprint density at radius 2 is 2.07 bits per heavy atom. The summed E-state index contributed by atoms with van der Waals surface area (Å²) in [5.41, 5.74) is 5.86. The molecule has 28 heavy (non-hydrogen) atoms. The van der Waals surface area contributed by atoms with Crippen molar-refractivity contribution in [1.82, 2.24) is 9.78 Å². The van der Waals surface area contributed by atoms with Crippen LogP contribution in [0.2, 0.25) is 10.0 Å². The number of nitrogens with two attached hydrogens (primary N) is 1. The van der Waals surface area contributed by atoms with Gasteiger partial charge in [-0.2, -0.15) is 8.42 Å². The highest BCUT2D eigenvalue weighted by atomic mass is 35.5. The maximum Gasteiger partial charge on any atom is 0.420 e. The molecule has 1 heterocycles. The van der Waals surface area contributed by atoms with E-state index in [4.69, 9.17) is 33.7 Å². The number of carbonyl (C=O) groups is 1. The molecule has 152 valence electrons. The van der Waals surface area contributed by atoms with Crippen molar-refractivity contribution in [2.24, 2.45) is 5.73 Å². The Morgan fingerprint density at radius 3 is 2.71 bits per heavy atom. The minimum absolute atomic E-state index is 0.240. The van der Waals surface area contributed by atoms with Crippen LogP contribution in [-0.4, -0.2) is 30.9 Å². The summed E-state index contributed by atoms with van der Waals surface area (Å²) in [4.78, 5) is 10.7. The van der Waals surface area contributed by atoms with Crippen molar-refractivity contribution in [2.75, 3.05) is 6.61 Å². The van der Waals surface area contributed by atoms with E-state index >= 15 is 0 Å². The number of halogens is 2. The van der Waals surface area contributed by atoms with Crippen molar-refractivity contribution < 1.29 is 22.1 Å². The molecule has 2 N–H and O–H groups in total. The lowest BCUT2D eigenvalue weighted by atomic mass is 10.2.